The van der Waals surface area contributed by atoms with Gasteiger partial charge in [0.25, 0.3) is 0 Å². The van der Waals surface area contributed by atoms with Crippen molar-refractivity contribution < 1.29 is 18.9 Å². The number of hydrogen-bond donors (Lipinski definition) is 4. The summed E-state index contributed by atoms with van der Waals surface area (Å²) < 4.78 is 5.31. The highest BCUT2D eigenvalue weighted by atomic mass is 32.2. The number of carbonyl (C=O) groups is 2. The first kappa shape index (κ1) is 26.9. The third kappa shape index (κ3) is 7.90. The molecule has 3 rings (SSSR count). The summed E-state index contributed by atoms with van der Waals surface area (Å²) in [7, 11) is -1.23. The fourth-order valence-corrected chi connectivity index (χ4v) is 4.88. The van der Waals surface area contributed by atoms with E-state index in [4.69, 9.17) is 10.2 Å². The van der Waals surface area contributed by atoms with E-state index in [-0.39, 0.29) is 5.91 Å². The smallest absolute Gasteiger partial charge is 0.336 e. The Hall–Kier alpha value is -2.71. The van der Waals surface area contributed by atoms with E-state index in [0.717, 1.165) is 5.56 Å². The maximum atomic E-state index is 13.1. The zero-order valence-corrected chi connectivity index (χ0v) is 21.4. The maximum absolute atomic E-state index is 13.1. The number of thioether (sulfide) groups is 1. The van der Waals surface area contributed by atoms with Crippen molar-refractivity contribution in [3.05, 3.63) is 76.1 Å². The van der Waals surface area contributed by atoms with Crippen LogP contribution in [0.25, 0.3) is 11.0 Å². The van der Waals surface area contributed by atoms with Crippen molar-refractivity contribution in [1.82, 2.24) is 5.32 Å². The van der Waals surface area contributed by atoms with Crippen LogP contribution in [0.5, 0.6) is 0 Å². The minimum atomic E-state index is -1.23. The van der Waals surface area contributed by atoms with Gasteiger partial charge in [-0.3, -0.25) is 9.59 Å². The lowest BCUT2D eigenvalue weighted by Crippen LogP contribution is -2.50. The first-order valence-corrected chi connectivity index (χ1v) is 14.5. The number of nitrogens with one attached hydrogen (secondary N) is 2. The quantitative estimate of drug-likeness (QED) is 0.228. The summed E-state index contributed by atoms with van der Waals surface area (Å²) in [6.45, 7) is 1.71. The number of fused-ring (bicyclic) bond motifs is 1. The molecular weight excluding hydrogens is 485 g/mol. The molecule has 2 aromatic carbocycles. The first-order valence-electron chi connectivity index (χ1n) is 11.1. The van der Waals surface area contributed by atoms with Gasteiger partial charge in [-0.25, -0.2) is 4.79 Å². The molecule has 0 aliphatic carbocycles. The molecule has 0 radical (unpaired) electrons. The van der Waals surface area contributed by atoms with E-state index in [1.165, 1.54) is 6.07 Å². The van der Waals surface area contributed by atoms with Gasteiger partial charge in [0.2, 0.25) is 11.8 Å². The molecule has 1 heterocycles. The molecule has 0 aliphatic rings. The van der Waals surface area contributed by atoms with Crippen LogP contribution in [0, 0.1) is 0 Å². The Bertz CT molecular complexity index is 1220. The van der Waals surface area contributed by atoms with Gasteiger partial charge >= 0.3 is 5.63 Å². The zero-order chi connectivity index (χ0) is 25.4. The SMILES string of the molecule is CSCC[C@H](NC(=O)C(N)Cc1ccccc1)C(=O)Nc1ccc2c(CP(C)O)cc(=O)oc2c1. The molecule has 2 unspecified atom stereocenters. The summed E-state index contributed by atoms with van der Waals surface area (Å²) in [5, 5.41) is 6.29. The van der Waals surface area contributed by atoms with Crippen molar-refractivity contribution in [2.24, 2.45) is 5.73 Å². The van der Waals surface area contributed by atoms with Crippen molar-refractivity contribution in [1.29, 1.82) is 0 Å². The molecule has 35 heavy (non-hydrogen) atoms. The molecule has 5 N–H and O–H groups in total. The van der Waals surface area contributed by atoms with Gasteiger partial charge < -0.3 is 25.7 Å². The Morgan fingerprint density at radius 1 is 1.14 bits per heavy atom. The molecule has 10 heteroatoms. The number of benzene rings is 2. The summed E-state index contributed by atoms with van der Waals surface area (Å²) >= 11 is 1.57. The van der Waals surface area contributed by atoms with E-state index in [1.807, 2.05) is 36.6 Å². The van der Waals surface area contributed by atoms with E-state index in [2.05, 4.69) is 10.6 Å². The highest BCUT2D eigenvalue weighted by Gasteiger charge is 2.24. The molecular formula is C25H30N3O5PS. The predicted octanol–water partition coefficient (Wildman–Crippen LogP) is 3.06. The van der Waals surface area contributed by atoms with Crippen LogP contribution < -0.4 is 22.0 Å². The lowest BCUT2D eigenvalue weighted by atomic mass is 10.1. The largest absolute Gasteiger partial charge is 0.423 e. The lowest BCUT2D eigenvalue weighted by Gasteiger charge is -2.21. The number of nitrogens with two attached hydrogens (primary N) is 1. The average molecular weight is 516 g/mol. The normalized spacial score (nSPS) is 13.7. The predicted molar refractivity (Wildman–Crippen MR) is 143 cm³/mol. The molecule has 3 atom stereocenters. The van der Waals surface area contributed by atoms with Crippen molar-refractivity contribution >= 4 is 48.4 Å². The maximum Gasteiger partial charge on any atom is 0.336 e. The van der Waals surface area contributed by atoms with Crippen molar-refractivity contribution in [2.45, 2.75) is 31.1 Å². The topological polar surface area (TPSA) is 135 Å². The summed E-state index contributed by atoms with van der Waals surface area (Å²) in [5.41, 5.74) is 7.96. The lowest BCUT2D eigenvalue weighted by molar-refractivity contribution is -0.127. The number of hydrogen-bond acceptors (Lipinski definition) is 7. The highest BCUT2D eigenvalue weighted by Crippen LogP contribution is 2.33. The Labute approximate surface area is 209 Å². The third-order valence-electron chi connectivity index (χ3n) is 5.38. The first-order chi connectivity index (χ1) is 16.8. The zero-order valence-electron chi connectivity index (χ0n) is 19.7. The molecule has 0 spiro atoms. The Balaban J connectivity index is 1.73. The molecule has 3 aromatic rings. The van der Waals surface area contributed by atoms with Crippen molar-refractivity contribution in [2.75, 3.05) is 24.0 Å². The van der Waals surface area contributed by atoms with Crippen LogP contribution in [0.4, 0.5) is 5.69 Å². The fraction of sp³-hybridized carbons (Fsp3) is 0.320. The molecule has 0 saturated heterocycles. The average Bonchev–Trinajstić information content (AvgIpc) is 2.81. The molecule has 8 nitrogen and oxygen atoms in total. The summed E-state index contributed by atoms with van der Waals surface area (Å²) in [6.07, 6.45) is 3.09. The Morgan fingerprint density at radius 3 is 2.57 bits per heavy atom. The van der Waals surface area contributed by atoms with Gasteiger partial charge in [-0.15, -0.1) is 0 Å². The van der Waals surface area contributed by atoms with E-state index in [0.29, 0.717) is 47.0 Å². The van der Waals surface area contributed by atoms with Gasteiger partial charge in [0.05, 0.1) is 6.04 Å². The van der Waals surface area contributed by atoms with E-state index in [9.17, 15) is 19.3 Å². The number of rotatable bonds is 11. The second-order valence-electron chi connectivity index (χ2n) is 8.25. The van der Waals surface area contributed by atoms with E-state index < -0.39 is 31.8 Å². The van der Waals surface area contributed by atoms with Gasteiger partial charge in [0, 0.05) is 37.5 Å². The fourth-order valence-electron chi connectivity index (χ4n) is 3.66. The van der Waals surface area contributed by atoms with Gasteiger partial charge in [0.15, 0.2) is 0 Å². The van der Waals surface area contributed by atoms with E-state index >= 15 is 0 Å². The van der Waals surface area contributed by atoms with Crippen LogP contribution in [-0.2, 0) is 22.2 Å². The van der Waals surface area contributed by atoms with Crippen molar-refractivity contribution in [3.63, 3.8) is 0 Å². The Kier molecular flexibility index (Phi) is 9.86. The number of carbonyl (C=O) groups excluding carboxylic acids is 2. The van der Waals surface area contributed by atoms with Crippen LogP contribution in [0.2, 0.25) is 0 Å². The molecule has 0 fully saturated rings. The van der Waals surface area contributed by atoms with Crippen LogP contribution in [0.3, 0.4) is 0 Å². The van der Waals surface area contributed by atoms with Gasteiger partial charge in [-0.1, -0.05) is 30.3 Å². The van der Waals surface area contributed by atoms with Crippen LogP contribution >= 0.6 is 19.9 Å². The summed E-state index contributed by atoms with van der Waals surface area (Å²) in [5.74, 6) is -0.113. The Morgan fingerprint density at radius 2 is 1.89 bits per heavy atom. The number of amides is 2. The van der Waals surface area contributed by atoms with Crippen LogP contribution in [-0.4, -0.2) is 47.5 Å². The van der Waals surface area contributed by atoms with Gasteiger partial charge in [-0.05, 0) is 54.8 Å². The minimum absolute atomic E-state index is 0.316. The van der Waals surface area contributed by atoms with Gasteiger partial charge in [0.1, 0.15) is 11.6 Å². The standard InChI is InChI=1S/C25H30N3O5PS/c1-34(32)15-17-13-23(29)33-22-14-18(8-9-19(17)22)27-25(31)21(10-11-35-2)28-24(30)20(26)12-16-6-4-3-5-7-16/h3-9,13-14,20-21,32H,10-12,15,26H2,1-2H3,(H,27,31)(H,28,30)/t20?,21-,34?/m0/s1. The molecule has 0 bridgehead atoms. The summed E-state index contributed by atoms with van der Waals surface area (Å²) in [6, 6.07) is 14.3. The highest BCUT2D eigenvalue weighted by molar-refractivity contribution is 7.98. The molecule has 186 valence electrons. The second-order valence-corrected chi connectivity index (χ2v) is 10.9. The molecule has 0 saturated carbocycles. The van der Waals surface area contributed by atoms with Gasteiger partial charge in [-0.2, -0.15) is 11.8 Å². The molecule has 2 amide bonds. The van der Waals surface area contributed by atoms with Crippen LogP contribution in [0.1, 0.15) is 17.5 Å². The summed E-state index contributed by atoms with van der Waals surface area (Å²) in [4.78, 5) is 47.5. The van der Waals surface area contributed by atoms with E-state index in [1.54, 1.807) is 36.6 Å². The molecule has 1 aromatic heterocycles. The second kappa shape index (κ2) is 12.8. The van der Waals surface area contributed by atoms with Crippen molar-refractivity contribution in [3.8, 4) is 0 Å². The third-order valence-corrected chi connectivity index (χ3v) is 6.82. The monoisotopic (exact) mass is 515 g/mol. The van der Waals surface area contributed by atoms with Crippen LogP contribution in [0.15, 0.2) is 63.8 Å². The molecule has 0 aliphatic heterocycles. The minimum Gasteiger partial charge on any atom is -0.423 e. The number of anilines is 1.